The van der Waals surface area contributed by atoms with Gasteiger partial charge in [-0.3, -0.25) is 0 Å². The maximum atomic E-state index is 11.0. The van der Waals surface area contributed by atoms with Crippen molar-refractivity contribution in [1.82, 2.24) is 5.32 Å². The maximum absolute atomic E-state index is 11.0. The molecule has 1 rings (SSSR count). The van der Waals surface area contributed by atoms with E-state index in [1.165, 1.54) is 11.6 Å². The first-order chi connectivity index (χ1) is 8.24. The smallest absolute Gasteiger partial charge is 0.330 e. The number of carbonyl (C=O) groups is 1. The number of hydrogen-bond donors (Lipinski definition) is 1. The van der Waals surface area contributed by atoms with Crippen LogP contribution in [0.25, 0.3) is 0 Å². The predicted molar refractivity (Wildman–Crippen MR) is 68.6 cm³/mol. The molecule has 0 saturated carbocycles. The minimum atomic E-state index is -0.290. The molecule has 92 valence electrons. The van der Waals surface area contributed by atoms with E-state index in [2.05, 4.69) is 24.4 Å². The van der Waals surface area contributed by atoms with Crippen LogP contribution in [0.5, 0.6) is 0 Å². The number of ether oxygens (including phenoxy) is 1. The van der Waals surface area contributed by atoms with Gasteiger partial charge >= 0.3 is 5.97 Å². The Morgan fingerprint density at radius 3 is 2.76 bits per heavy atom. The van der Waals surface area contributed by atoms with Crippen LogP contribution in [0.2, 0.25) is 0 Å². The van der Waals surface area contributed by atoms with Crippen molar-refractivity contribution in [3.8, 4) is 0 Å². The van der Waals surface area contributed by atoms with Gasteiger partial charge in [-0.2, -0.15) is 0 Å². The summed E-state index contributed by atoms with van der Waals surface area (Å²) >= 11 is 0. The molecule has 1 aromatic rings. The lowest BCUT2D eigenvalue weighted by atomic mass is 10.1. The average Bonchev–Trinajstić information content (AvgIpc) is 2.36. The molecule has 1 N–H and O–H groups in total. The topological polar surface area (TPSA) is 38.3 Å². The molecule has 0 amide bonds. The van der Waals surface area contributed by atoms with Crippen molar-refractivity contribution in [2.75, 3.05) is 13.2 Å². The zero-order valence-corrected chi connectivity index (χ0v) is 10.3. The van der Waals surface area contributed by atoms with Crippen LogP contribution in [0.4, 0.5) is 0 Å². The van der Waals surface area contributed by atoms with E-state index in [9.17, 15) is 4.79 Å². The molecule has 17 heavy (non-hydrogen) atoms. The molecule has 1 aromatic carbocycles. The van der Waals surface area contributed by atoms with E-state index in [4.69, 9.17) is 4.74 Å². The number of rotatable bonds is 6. The molecule has 0 fully saturated rings. The number of nitrogens with one attached hydrogen (secondary N) is 1. The second-order valence-electron chi connectivity index (χ2n) is 3.70. The average molecular weight is 233 g/mol. The number of carbonyl (C=O) groups excluding carboxylic acids is 1. The summed E-state index contributed by atoms with van der Waals surface area (Å²) in [5.74, 6) is -0.290. The zero-order chi connectivity index (χ0) is 12.5. The Bertz CT molecular complexity index is 360. The van der Waals surface area contributed by atoms with Crippen molar-refractivity contribution in [1.29, 1.82) is 0 Å². The quantitative estimate of drug-likeness (QED) is 0.606. The molecule has 0 aliphatic heterocycles. The van der Waals surface area contributed by atoms with Gasteiger partial charge in [-0.15, -0.1) is 0 Å². The minimum Gasteiger partial charge on any atom is -0.463 e. The van der Waals surface area contributed by atoms with E-state index in [1.54, 1.807) is 13.0 Å². The molecule has 0 aliphatic rings. The first-order valence-electron chi connectivity index (χ1n) is 5.85. The molecule has 0 saturated heterocycles. The van der Waals surface area contributed by atoms with Crippen molar-refractivity contribution in [3.05, 3.63) is 48.0 Å². The van der Waals surface area contributed by atoms with Crippen LogP contribution in [0, 0.1) is 0 Å². The van der Waals surface area contributed by atoms with Gasteiger partial charge in [0.25, 0.3) is 0 Å². The largest absolute Gasteiger partial charge is 0.463 e. The van der Waals surface area contributed by atoms with E-state index in [1.807, 2.05) is 18.2 Å². The first kappa shape index (κ1) is 13.5. The maximum Gasteiger partial charge on any atom is 0.330 e. The summed E-state index contributed by atoms with van der Waals surface area (Å²) in [6, 6.07) is 10.4. The normalized spacial score (nSPS) is 12.6. The third-order valence-corrected chi connectivity index (χ3v) is 2.38. The van der Waals surface area contributed by atoms with E-state index in [-0.39, 0.29) is 12.0 Å². The molecule has 0 unspecified atom stereocenters. The van der Waals surface area contributed by atoms with Crippen LogP contribution in [0.3, 0.4) is 0 Å². The van der Waals surface area contributed by atoms with Gasteiger partial charge in [-0.05, 0) is 19.4 Å². The molecule has 0 spiro atoms. The molecular formula is C14H19NO2. The standard InChI is InChI=1S/C14H19NO2/c1-3-17-14(16)10-7-11-15-12(2)13-8-5-4-6-9-13/h4-10,12,15H,3,11H2,1-2H3/b10-7+/t12-/m0/s1. The molecular weight excluding hydrogens is 214 g/mol. The van der Waals surface area contributed by atoms with Crippen molar-refractivity contribution in [2.24, 2.45) is 0 Å². The second-order valence-corrected chi connectivity index (χ2v) is 3.70. The minimum absolute atomic E-state index is 0.267. The second kappa shape index (κ2) is 7.63. The molecule has 0 aliphatic carbocycles. The van der Waals surface area contributed by atoms with E-state index >= 15 is 0 Å². The van der Waals surface area contributed by atoms with Gasteiger partial charge in [0, 0.05) is 18.7 Å². The van der Waals surface area contributed by atoms with Gasteiger partial charge in [-0.1, -0.05) is 36.4 Å². The summed E-state index contributed by atoms with van der Waals surface area (Å²) in [5, 5.41) is 3.30. The highest BCUT2D eigenvalue weighted by Crippen LogP contribution is 2.10. The summed E-state index contributed by atoms with van der Waals surface area (Å²) in [6.45, 7) is 4.95. The molecule has 0 aromatic heterocycles. The lowest BCUT2D eigenvalue weighted by Crippen LogP contribution is -2.18. The summed E-state index contributed by atoms with van der Waals surface area (Å²) in [7, 11) is 0. The SMILES string of the molecule is CCOC(=O)/C=C/CN[C@@H](C)c1ccccc1. The Hall–Kier alpha value is -1.61. The fourth-order valence-electron chi connectivity index (χ4n) is 1.45. The molecule has 3 nitrogen and oxygen atoms in total. The Morgan fingerprint density at radius 2 is 2.12 bits per heavy atom. The van der Waals surface area contributed by atoms with Gasteiger partial charge in [-0.25, -0.2) is 4.79 Å². The van der Waals surface area contributed by atoms with Gasteiger partial charge < -0.3 is 10.1 Å². The molecule has 0 bridgehead atoms. The lowest BCUT2D eigenvalue weighted by Gasteiger charge is -2.12. The first-order valence-corrected chi connectivity index (χ1v) is 5.85. The van der Waals surface area contributed by atoms with Gasteiger partial charge in [0.15, 0.2) is 0 Å². The van der Waals surface area contributed by atoms with Gasteiger partial charge in [0.1, 0.15) is 0 Å². The van der Waals surface area contributed by atoms with Gasteiger partial charge in [0.2, 0.25) is 0 Å². The number of esters is 1. The Kier molecular flexibility index (Phi) is 6.04. The highest BCUT2D eigenvalue weighted by Gasteiger charge is 2.01. The fourth-order valence-corrected chi connectivity index (χ4v) is 1.45. The van der Waals surface area contributed by atoms with Crippen molar-refractivity contribution in [3.63, 3.8) is 0 Å². The fraction of sp³-hybridized carbons (Fsp3) is 0.357. The van der Waals surface area contributed by atoms with E-state index in [0.29, 0.717) is 13.2 Å². The molecule has 0 radical (unpaired) electrons. The zero-order valence-electron chi connectivity index (χ0n) is 10.3. The summed E-state index contributed by atoms with van der Waals surface area (Å²) in [5.41, 5.74) is 1.23. The van der Waals surface area contributed by atoms with E-state index < -0.39 is 0 Å². The molecule has 1 atom stereocenters. The molecule has 3 heteroatoms. The Morgan fingerprint density at radius 1 is 1.41 bits per heavy atom. The van der Waals surface area contributed by atoms with Crippen LogP contribution in [-0.2, 0) is 9.53 Å². The van der Waals surface area contributed by atoms with Crippen molar-refractivity contribution >= 4 is 5.97 Å². The summed E-state index contributed by atoms with van der Waals surface area (Å²) < 4.78 is 4.78. The summed E-state index contributed by atoms with van der Waals surface area (Å²) in [6.07, 6.45) is 3.23. The highest BCUT2D eigenvalue weighted by atomic mass is 16.5. The highest BCUT2D eigenvalue weighted by molar-refractivity contribution is 5.81. The van der Waals surface area contributed by atoms with Crippen LogP contribution in [0.15, 0.2) is 42.5 Å². The summed E-state index contributed by atoms with van der Waals surface area (Å²) in [4.78, 5) is 11.0. The van der Waals surface area contributed by atoms with Crippen LogP contribution in [0.1, 0.15) is 25.5 Å². The Balaban J connectivity index is 2.29. The molecule has 0 heterocycles. The van der Waals surface area contributed by atoms with E-state index in [0.717, 1.165) is 0 Å². The van der Waals surface area contributed by atoms with Gasteiger partial charge in [0.05, 0.1) is 6.61 Å². The monoisotopic (exact) mass is 233 g/mol. The third kappa shape index (κ3) is 5.31. The van der Waals surface area contributed by atoms with Crippen molar-refractivity contribution in [2.45, 2.75) is 19.9 Å². The third-order valence-electron chi connectivity index (χ3n) is 2.38. The predicted octanol–water partition coefficient (Wildman–Crippen LogP) is 2.46. The number of benzene rings is 1. The van der Waals surface area contributed by atoms with Crippen LogP contribution in [-0.4, -0.2) is 19.1 Å². The lowest BCUT2D eigenvalue weighted by molar-refractivity contribution is -0.137. The Labute approximate surface area is 102 Å². The number of hydrogen-bond acceptors (Lipinski definition) is 3. The van der Waals surface area contributed by atoms with Crippen LogP contribution >= 0.6 is 0 Å². The van der Waals surface area contributed by atoms with Crippen LogP contribution < -0.4 is 5.32 Å². The van der Waals surface area contributed by atoms with Crippen molar-refractivity contribution < 1.29 is 9.53 Å².